The van der Waals surface area contributed by atoms with Gasteiger partial charge in [0.15, 0.2) is 5.13 Å². The predicted molar refractivity (Wildman–Crippen MR) is 124 cm³/mol. The summed E-state index contributed by atoms with van der Waals surface area (Å²) in [5.74, 6) is -0.492. The van der Waals surface area contributed by atoms with Crippen LogP contribution in [0.5, 0.6) is 0 Å². The van der Waals surface area contributed by atoms with Gasteiger partial charge in [-0.25, -0.2) is 9.37 Å². The van der Waals surface area contributed by atoms with Crippen molar-refractivity contribution in [2.45, 2.75) is 19.9 Å². The van der Waals surface area contributed by atoms with E-state index in [-0.39, 0.29) is 11.7 Å². The highest BCUT2D eigenvalue weighted by Crippen LogP contribution is 2.34. The summed E-state index contributed by atoms with van der Waals surface area (Å²) in [4.78, 5) is 24.7. The summed E-state index contributed by atoms with van der Waals surface area (Å²) >= 11 is 1.42. The van der Waals surface area contributed by atoms with E-state index in [0.717, 1.165) is 60.9 Å². The van der Waals surface area contributed by atoms with E-state index in [1.165, 1.54) is 23.5 Å². The zero-order valence-corrected chi connectivity index (χ0v) is 18.5. The standard InChI is InChI=1S/C24H23FN4O2S/c1-15-11-17(25)5-6-19(15)21-12-16-3-2-4-20(22(16)27-21)23(30)28-24-26-18(14-32-24)13-29-7-9-31-10-8-29/h2-6,11,14H,7-10,12-13H2,1H3,(H,26,28,30). The number of aliphatic imine (C=N–C) groups is 1. The SMILES string of the molecule is Cc1cc(F)ccc1C1=Nc2c(cccc2C(=O)Nc2nc(CN3CCOCC3)cs2)C1. The molecule has 2 aliphatic rings. The molecule has 0 bridgehead atoms. The van der Waals surface area contributed by atoms with E-state index in [9.17, 15) is 9.18 Å². The minimum Gasteiger partial charge on any atom is -0.379 e. The van der Waals surface area contributed by atoms with Crippen molar-refractivity contribution in [3.63, 3.8) is 0 Å². The van der Waals surface area contributed by atoms with Crippen LogP contribution in [-0.2, 0) is 17.7 Å². The number of amides is 1. The number of morpholine rings is 1. The number of anilines is 1. The molecule has 2 aliphatic heterocycles. The Morgan fingerprint density at radius 1 is 1.25 bits per heavy atom. The van der Waals surface area contributed by atoms with Crippen molar-refractivity contribution in [3.05, 3.63) is 75.5 Å². The van der Waals surface area contributed by atoms with Crippen molar-refractivity contribution >= 4 is 33.8 Å². The quantitative estimate of drug-likeness (QED) is 0.628. The molecule has 0 radical (unpaired) electrons. The van der Waals surface area contributed by atoms with Crippen LogP contribution in [0.15, 0.2) is 46.8 Å². The first kappa shape index (κ1) is 20.9. The van der Waals surface area contributed by atoms with Gasteiger partial charge < -0.3 is 4.74 Å². The predicted octanol–water partition coefficient (Wildman–Crippen LogP) is 4.35. The monoisotopic (exact) mass is 450 g/mol. The molecule has 1 aromatic heterocycles. The van der Waals surface area contributed by atoms with Crippen molar-refractivity contribution in [3.8, 4) is 0 Å². The van der Waals surface area contributed by atoms with E-state index in [2.05, 4.69) is 15.2 Å². The molecule has 1 saturated heterocycles. The average Bonchev–Trinajstić information content (AvgIpc) is 3.40. The van der Waals surface area contributed by atoms with Gasteiger partial charge in [0.05, 0.1) is 35.9 Å². The van der Waals surface area contributed by atoms with Gasteiger partial charge in [0.1, 0.15) is 5.82 Å². The molecule has 0 aliphatic carbocycles. The summed E-state index contributed by atoms with van der Waals surface area (Å²) in [6.45, 7) is 5.89. The Morgan fingerprint density at radius 2 is 2.09 bits per heavy atom. The maximum Gasteiger partial charge on any atom is 0.259 e. The smallest absolute Gasteiger partial charge is 0.259 e. The normalized spacial score (nSPS) is 16.0. The molecule has 2 aromatic carbocycles. The molecule has 1 fully saturated rings. The highest BCUT2D eigenvalue weighted by Gasteiger charge is 2.23. The van der Waals surface area contributed by atoms with Gasteiger partial charge >= 0.3 is 0 Å². The van der Waals surface area contributed by atoms with Crippen molar-refractivity contribution < 1.29 is 13.9 Å². The number of fused-ring (bicyclic) bond motifs is 1. The number of benzene rings is 2. The molecule has 1 amide bonds. The van der Waals surface area contributed by atoms with E-state index in [1.807, 2.05) is 24.4 Å². The fourth-order valence-electron chi connectivity index (χ4n) is 4.10. The van der Waals surface area contributed by atoms with E-state index >= 15 is 0 Å². The zero-order chi connectivity index (χ0) is 22.1. The Morgan fingerprint density at radius 3 is 2.91 bits per heavy atom. The number of nitrogens with zero attached hydrogens (tertiary/aromatic N) is 3. The third-order valence-corrected chi connectivity index (χ3v) is 6.54. The molecule has 3 heterocycles. The molecule has 32 heavy (non-hydrogen) atoms. The summed E-state index contributed by atoms with van der Waals surface area (Å²) in [6, 6.07) is 10.3. The second-order valence-corrected chi connectivity index (χ2v) is 8.85. The van der Waals surface area contributed by atoms with Crippen LogP contribution in [0.25, 0.3) is 0 Å². The molecule has 164 valence electrons. The Bertz CT molecular complexity index is 1200. The van der Waals surface area contributed by atoms with Crippen LogP contribution < -0.4 is 5.32 Å². The number of carbonyl (C=O) groups is 1. The second-order valence-electron chi connectivity index (χ2n) is 7.99. The molecule has 6 nitrogen and oxygen atoms in total. The van der Waals surface area contributed by atoms with Gasteiger partial charge in [-0.05, 0) is 47.9 Å². The topological polar surface area (TPSA) is 66.8 Å². The van der Waals surface area contributed by atoms with Crippen LogP contribution in [0, 0.1) is 12.7 Å². The van der Waals surface area contributed by atoms with Gasteiger partial charge in [0, 0.05) is 31.4 Å². The number of aryl methyl sites for hydroxylation is 1. The number of nitrogens with one attached hydrogen (secondary N) is 1. The van der Waals surface area contributed by atoms with Gasteiger partial charge in [-0.15, -0.1) is 11.3 Å². The number of thiazole rings is 1. The van der Waals surface area contributed by atoms with Gasteiger partial charge in [-0.2, -0.15) is 0 Å². The Hall–Kier alpha value is -2.94. The van der Waals surface area contributed by atoms with E-state index < -0.39 is 0 Å². The fourth-order valence-corrected chi connectivity index (χ4v) is 4.80. The average molecular weight is 451 g/mol. The van der Waals surface area contributed by atoms with Crippen molar-refractivity contribution in [2.75, 3.05) is 31.6 Å². The molecule has 1 N–H and O–H groups in total. The number of carbonyl (C=O) groups excluding carboxylic acids is 1. The van der Waals surface area contributed by atoms with Crippen LogP contribution in [0.3, 0.4) is 0 Å². The van der Waals surface area contributed by atoms with Gasteiger partial charge in [-0.3, -0.25) is 20.0 Å². The lowest BCUT2D eigenvalue weighted by molar-refractivity contribution is 0.0337. The van der Waals surface area contributed by atoms with Crippen molar-refractivity contribution in [2.24, 2.45) is 4.99 Å². The maximum atomic E-state index is 13.5. The number of hydrogen-bond acceptors (Lipinski definition) is 6. The number of halogens is 1. The minimum atomic E-state index is -0.265. The third kappa shape index (κ3) is 4.34. The van der Waals surface area contributed by atoms with Crippen LogP contribution in [0.2, 0.25) is 0 Å². The lowest BCUT2D eigenvalue weighted by Gasteiger charge is -2.25. The first-order chi connectivity index (χ1) is 15.6. The summed E-state index contributed by atoms with van der Waals surface area (Å²) in [6.07, 6.45) is 0.615. The van der Waals surface area contributed by atoms with Crippen LogP contribution >= 0.6 is 11.3 Å². The lowest BCUT2D eigenvalue weighted by atomic mass is 9.99. The summed E-state index contributed by atoms with van der Waals surface area (Å²) in [5.41, 5.74) is 5.71. The minimum absolute atomic E-state index is 0.227. The molecule has 0 unspecified atom stereocenters. The van der Waals surface area contributed by atoms with Gasteiger partial charge in [-0.1, -0.05) is 12.1 Å². The highest BCUT2D eigenvalue weighted by atomic mass is 32.1. The van der Waals surface area contributed by atoms with E-state index in [4.69, 9.17) is 9.73 Å². The number of para-hydroxylation sites is 1. The third-order valence-electron chi connectivity index (χ3n) is 5.73. The number of rotatable bonds is 5. The Labute approximate surface area is 189 Å². The Kier molecular flexibility index (Phi) is 5.82. The van der Waals surface area contributed by atoms with Crippen molar-refractivity contribution in [1.82, 2.24) is 9.88 Å². The summed E-state index contributed by atoms with van der Waals surface area (Å²) in [7, 11) is 0. The van der Waals surface area contributed by atoms with Crippen LogP contribution in [0.4, 0.5) is 15.2 Å². The first-order valence-corrected chi connectivity index (χ1v) is 11.5. The molecule has 8 heteroatoms. The molecule has 0 spiro atoms. The largest absolute Gasteiger partial charge is 0.379 e. The summed E-state index contributed by atoms with van der Waals surface area (Å²) < 4.78 is 18.9. The zero-order valence-electron chi connectivity index (χ0n) is 17.7. The summed E-state index contributed by atoms with van der Waals surface area (Å²) in [5, 5.41) is 5.48. The molecular formula is C24H23FN4O2S. The number of hydrogen-bond donors (Lipinski definition) is 1. The Balaban J connectivity index is 1.33. The van der Waals surface area contributed by atoms with Crippen LogP contribution in [0.1, 0.15) is 32.7 Å². The van der Waals surface area contributed by atoms with Gasteiger partial charge in [0.25, 0.3) is 5.91 Å². The molecule has 5 rings (SSSR count). The molecule has 0 saturated carbocycles. The maximum absolute atomic E-state index is 13.5. The van der Waals surface area contributed by atoms with Crippen LogP contribution in [-0.4, -0.2) is 47.8 Å². The fraction of sp³-hybridized carbons (Fsp3) is 0.292. The first-order valence-electron chi connectivity index (χ1n) is 10.6. The van der Waals surface area contributed by atoms with E-state index in [0.29, 0.717) is 22.8 Å². The molecular weight excluding hydrogens is 427 g/mol. The molecule has 0 atom stereocenters. The van der Waals surface area contributed by atoms with Gasteiger partial charge in [0.2, 0.25) is 0 Å². The van der Waals surface area contributed by atoms with Crippen molar-refractivity contribution in [1.29, 1.82) is 0 Å². The number of ether oxygens (including phenoxy) is 1. The second kappa shape index (κ2) is 8.90. The number of aromatic nitrogens is 1. The highest BCUT2D eigenvalue weighted by molar-refractivity contribution is 7.14. The molecule has 3 aromatic rings. The van der Waals surface area contributed by atoms with E-state index in [1.54, 1.807) is 12.1 Å². The lowest BCUT2D eigenvalue weighted by Crippen LogP contribution is -2.35.